The van der Waals surface area contributed by atoms with Gasteiger partial charge in [0.25, 0.3) is 0 Å². The van der Waals surface area contributed by atoms with Crippen LogP contribution in [0.15, 0.2) is 6.33 Å². The van der Waals surface area contributed by atoms with Gasteiger partial charge in [0.1, 0.15) is 5.82 Å². The van der Waals surface area contributed by atoms with Crippen LogP contribution in [-0.2, 0) is 16.0 Å². The van der Waals surface area contributed by atoms with Crippen LogP contribution in [0.1, 0.15) is 43.1 Å². The SMILES string of the molecule is CCOC(=O)c1ncn(CCC2CCCCO2)c1N. The van der Waals surface area contributed by atoms with Gasteiger partial charge in [-0.25, -0.2) is 9.78 Å². The predicted octanol–water partition coefficient (Wildman–Crippen LogP) is 1.60. The number of ether oxygens (including phenoxy) is 2. The van der Waals surface area contributed by atoms with Gasteiger partial charge >= 0.3 is 5.97 Å². The number of carbonyl (C=O) groups is 1. The van der Waals surface area contributed by atoms with Gasteiger partial charge in [-0.15, -0.1) is 0 Å². The van der Waals surface area contributed by atoms with E-state index < -0.39 is 5.97 Å². The van der Waals surface area contributed by atoms with Crippen LogP contribution in [0.5, 0.6) is 0 Å². The van der Waals surface area contributed by atoms with E-state index in [-0.39, 0.29) is 5.69 Å². The molecule has 0 amide bonds. The van der Waals surface area contributed by atoms with Crippen LogP contribution in [-0.4, -0.2) is 34.8 Å². The number of aromatic nitrogens is 2. The second-order valence-corrected chi connectivity index (χ2v) is 4.67. The molecule has 0 radical (unpaired) electrons. The quantitative estimate of drug-likeness (QED) is 0.820. The van der Waals surface area contributed by atoms with E-state index in [1.807, 2.05) is 0 Å². The van der Waals surface area contributed by atoms with Crippen molar-refractivity contribution in [1.82, 2.24) is 9.55 Å². The zero-order valence-corrected chi connectivity index (χ0v) is 11.3. The zero-order valence-electron chi connectivity index (χ0n) is 11.3. The number of hydrogen-bond acceptors (Lipinski definition) is 5. The smallest absolute Gasteiger partial charge is 0.360 e. The third-order valence-electron chi connectivity index (χ3n) is 3.31. The molecule has 1 aliphatic rings. The first-order valence-corrected chi connectivity index (χ1v) is 6.81. The Bertz CT molecular complexity index is 425. The molecule has 6 nitrogen and oxygen atoms in total. The molecule has 2 heterocycles. The fraction of sp³-hybridized carbons (Fsp3) is 0.692. The van der Waals surface area contributed by atoms with Crippen LogP contribution < -0.4 is 5.73 Å². The van der Waals surface area contributed by atoms with E-state index in [9.17, 15) is 4.79 Å². The van der Waals surface area contributed by atoms with Crippen molar-refractivity contribution in [3.8, 4) is 0 Å². The topological polar surface area (TPSA) is 79.4 Å². The van der Waals surface area contributed by atoms with Gasteiger partial charge < -0.3 is 19.8 Å². The molecule has 1 atom stereocenters. The van der Waals surface area contributed by atoms with Gasteiger partial charge in [0, 0.05) is 13.2 Å². The molecule has 6 heteroatoms. The second kappa shape index (κ2) is 6.56. The molecule has 0 aromatic carbocycles. The highest BCUT2D eigenvalue weighted by Gasteiger charge is 2.18. The Kier molecular flexibility index (Phi) is 4.79. The number of nitrogens with zero attached hydrogens (tertiary/aromatic N) is 2. The Morgan fingerprint density at radius 2 is 2.47 bits per heavy atom. The minimum absolute atomic E-state index is 0.200. The molecule has 1 aliphatic heterocycles. The zero-order chi connectivity index (χ0) is 13.7. The normalized spacial score (nSPS) is 19.3. The van der Waals surface area contributed by atoms with Crippen LogP contribution in [0.4, 0.5) is 5.82 Å². The largest absolute Gasteiger partial charge is 0.461 e. The second-order valence-electron chi connectivity index (χ2n) is 4.67. The Morgan fingerprint density at radius 1 is 1.63 bits per heavy atom. The maximum absolute atomic E-state index is 11.6. The number of aryl methyl sites for hydroxylation is 1. The van der Waals surface area contributed by atoms with Gasteiger partial charge in [-0.2, -0.15) is 0 Å². The molecule has 0 saturated carbocycles. The van der Waals surface area contributed by atoms with Crippen molar-refractivity contribution >= 4 is 11.8 Å². The Hall–Kier alpha value is -1.56. The predicted molar refractivity (Wildman–Crippen MR) is 70.8 cm³/mol. The number of imidazole rings is 1. The highest BCUT2D eigenvalue weighted by molar-refractivity contribution is 5.92. The van der Waals surface area contributed by atoms with E-state index in [4.69, 9.17) is 15.2 Å². The molecular formula is C13H21N3O3. The van der Waals surface area contributed by atoms with Crippen molar-refractivity contribution in [2.45, 2.75) is 45.3 Å². The standard InChI is InChI=1S/C13H21N3O3/c1-2-18-13(17)11-12(14)16(9-15-11)7-6-10-5-3-4-8-19-10/h9-10H,2-8,14H2,1H3. The lowest BCUT2D eigenvalue weighted by Crippen LogP contribution is -2.21. The third kappa shape index (κ3) is 3.47. The van der Waals surface area contributed by atoms with Crippen molar-refractivity contribution in [3.63, 3.8) is 0 Å². The highest BCUT2D eigenvalue weighted by atomic mass is 16.5. The van der Waals surface area contributed by atoms with Crippen LogP contribution >= 0.6 is 0 Å². The molecule has 2 rings (SSSR count). The molecule has 106 valence electrons. The molecule has 1 aromatic heterocycles. The molecule has 1 unspecified atom stereocenters. The minimum atomic E-state index is -0.465. The van der Waals surface area contributed by atoms with E-state index in [1.165, 1.54) is 6.42 Å². The van der Waals surface area contributed by atoms with Crippen molar-refractivity contribution in [2.75, 3.05) is 18.9 Å². The van der Waals surface area contributed by atoms with Crippen LogP contribution in [0.25, 0.3) is 0 Å². The Balaban J connectivity index is 1.91. The number of hydrogen-bond donors (Lipinski definition) is 1. The number of esters is 1. The van der Waals surface area contributed by atoms with Gasteiger partial charge in [0.15, 0.2) is 5.69 Å². The number of nitrogen functional groups attached to an aromatic ring is 1. The summed E-state index contributed by atoms with van der Waals surface area (Å²) < 4.78 is 12.3. The molecule has 1 aromatic rings. The summed E-state index contributed by atoms with van der Waals surface area (Å²) >= 11 is 0. The maximum atomic E-state index is 11.6. The van der Waals surface area contributed by atoms with Crippen LogP contribution in [0, 0.1) is 0 Å². The molecule has 19 heavy (non-hydrogen) atoms. The van der Waals surface area contributed by atoms with E-state index >= 15 is 0 Å². The lowest BCUT2D eigenvalue weighted by atomic mass is 10.1. The van der Waals surface area contributed by atoms with E-state index in [2.05, 4.69) is 4.98 Å². The highest BCUT2D eigenvalue weighted by Crippen LogP contribution is 2.18. The number of nitrogens with two attached hydrogens (primary N) is 1. The van der Waals surface area contributed by atoms with Crippen molar-refractivity contribution in [2.24, 2.45) is 0 Å². The summed E-state index contributed by atoms with van der Waals surface area (Å²) in [4.78, 5) is 15.6. The molecule has 1 fully saturated rings. The third-order valence-corrected chi connectivity index (χ3v) is 3.31. The first-order chi connectivity index (χ1) is 9.22. The van der Waals surface area contributed by atoms with Gasteiger partial charge in [0.2, 0.25) is 0 Å². The fourth-order valence-corrected chi connectivity index (χ4v) is 2.24. The first kappa shape index (κ1) is 13.9. The summed E-state index contributed by atoms with van der Waals surface area (Å²) in [6.07, 6.45) is 6.24. The average Bonchev–Trinajstić information content (AvgIpc) is 2.79. The Labute approximate surface area is 112 Å². The lowest BCUT2D eigenvalue weighted by Gasteiger charge is -2.22. The fourth-order valence-electron chi connectivity index (χ4n) is 2.24. The summed E-state index contributed by atoms with van der Waals surface area (Å²) in [5.41, 5.74) is 6.11. The molecule has 0 spiro atoms. The van der Waals surface area contributed by atoms with Crippen LogP contribution in [0.2, 0.25) is 0 Å². The summed E-state index contributed by atoms with van der Waals surface area (Å²) in [5, 5.41) is 0. The van der Waals surface area contributed by atoms with Gasteiger partial charge in [0.05, 0.1) is 19.0 Å². The average molecular weight is 267 g/mol. The van der Waals surface area contributed by atoms with E-state index in [1.54, 1.807) is 17.8 Å². The molecular weight excluding hydrogens is 246 g/mol. The molecule has 2 N–H and O–H groups in total. The van der Waals surface area contributed by atoms with Gasteiger partial charge in [-0.05, 0) is 32.6 Å². The number of anilines is 1. The monoisotopic (exact) mass is 267 g/mol. The van der Waals surface area contributed by atoms with E-state index in [0.717, 1.165) is 25.9 Å². The Morgan fingerprint density at radius 3 is 3.16 bits per heavy atom. The summed E-state index contributed by atoms with van der Waals surface area (Å²) in [5.74, 6) is -0.0954. The summed E-state index contributed by atoms with van der Waals surface area (Å²) in [7, 11) is 0. The summed E-state index contributed by atoms with van der Waals surface area (Å²) in [6, 6.07) is 0. The van der Waals surface area contributed by atoms with Crippen molar-refractivity contribution in [3.05, 3.63) is 12.0 Å². The van der Waals surface area contributed by atoms with Crippen molar-refractivity contribution in [1.29, 1.82) is 0 Å². The lowest BCUT2D eigenvalue weighted by molar-refractivity contribution is 0.00889. The van der Waals surface area contributed by atoms with E-state index in [0.29, 0.717) is 25.1 Å². The number of rotatable bonds is 5. The molecule has 0 bridgehead atoms. The van der Waals surface area contributed by atoms with Gasteiger partial charge in [-0.1, -0.05) is 0 Å². The maximum Gasteiger partial charge on any atom is 0.360 e. The van der Waals surface area contributed by atoms with Crippen LogP contribution in [0.3, 0.4) is 0 Å². The minimum Gasteiger partial charge on any atom is -0.461 e. The number of carbonyl (C=O) groups excluding carboxylic acids is 1. The first-order valence-electron chi connectivity index (χ1n) is 6.81. The molecule has 0 aliphatic carbocycles. The molecule has 1 saturated heterocycles. The van der Waals surface area contributed by atoms with Gasteiger partial charge in [-0.3, -0.25) is 0 Å². The van der Waals surface area contributed by atoms with Crippen molar-refractivity contribution < 1.29 is 14.3 Å². The summed E-state index contributed by atoms with van der Waals surface area (Å²) in [6.45, 7) is 3.63.